The van der Waals surface area contributed by atoms with Gasteiger partial charge in [-0.3, -0.25) is 14.5 Å². The van der Waals surface area contributed by atoms with Crippen LogP contribution in [0.1, 0.15) is 27.2 Å². The van der Waals surface area contributed by atoms with Gasteiger partial charge in [0.05, 0.1) is 17.9 Å². The van der Waals surface area contributed by atoms with E-state index < -0.39 is 5.54 Å². The zero-order chi connectivity index (χ0) is 13.0. The molecule has 1 aliphatic carbocycles. The minimum absolute atomic E-state index is 0.0984. The molecule has 5 nitrogen and oxygen atoms in total. The SMILES string of the molecule is CC(N)(C#N)CCN1C(=O)C2C(C1=O)C2(C)C. The van der Waals surface area contributed by atoms with E-state index in [1.54, 1.807) is 6.92 Å². The highest BCUT2D eigenvalue weighted by Gasteiger charge is 2.72. The van der Waals surface area contributed by atoms with Crippen molar-refractivity contribution in [3.63, 3.8) is 0 Å². The Morgan fingerprint density at radius 1 is 1.41 bits per heavy atom. The second kappa shape index (κ2) is 3.30. The molecule has 3 unspecified atom stereocenters. The fourth-order valence-corrected chi connectivity index (χ4v) is 2.62. The maximum absolute atomic E-state index is 12.0. The summed E-state index contributed by atoms with van der Waals surface area (Å²) in [4.78, 5) is 25.2. The lowest BCUT2D eigenvalue weighted by molar-refractivity contribution is -0.143. The summed E-state index contributed by atoms with van der Waals surface area (Å²) in [5.41, 5.74) is 4.52. The van der Waals surface area contributed by atoms with E-state index in [9.17, 15) is 9.59 Å². The molecule has 2 amide bonds. The van der Waals surface area contributed by atoms with Gasteiger partial charge in [-0.25, -0.2) is 0 Å². The number of carbonyl (C=O) groups excluding carboxylic acids is 2. The summed E-state index contributed by atoms with van der Waals surface area (Å²) < 4.78 is 0. The summed E-state index contributed by atoms with van der Waals surface area (Å²) >= 11 is 0. The molecule has 3 atom stereocenters. The molecule has 2 fully saturated rings. The summed E-state index contributed by atoms with van der Waals surface area (Å²) in [6.45, 7) is 5.74. The molecule has 2 rings (SSSR count). The highest BCUT2D eigenvalue weighted by molar-refractivity contribution is 6.10. The summed E-state index contributed by atoms with van der Waals surface area (Å²) in [6, 6.07) is 1.96. The third-order valence-corrected chi connectivity index (χ3v) is 4.00. The molecule has 5 heteroatoms. The predicted molar refractivity (Wildman–Crippen MR) is 60.3 cm³/mol. The number of piperidine rings is 1. The van der Waals surface area contributed by atoms with E-state index in [1.807, 2.05) is 19.9 Å². The molecular weight excluding hydrogens is 218 g/mol. The van der Waals surface area contributed by atoms with Gasteiger partial charge in [-0.05, 0) is 18.8 Å². The number of hydrogen-bond donors (Lipinski definition) is 1. The first kappa shape index (κ1) is 12.1. The van der Waals surface area contributed by atoms with Crippen LogP contribution in [0.25, 0.3) is 0 Å². The number of hydrogen-bond acceptors (Lipinski definition) is 4. The number of fused-ring (bicyclic) bond motifs is 1. The third kappa shape index (κ3) is 1.64. The average molecular weight is 235 g/mol. The normalized spacial score (nSPS) is 33.0. The van der Waals surface area contributed by atoms with E-state index in [1.165, 1.54) is 4.90 Å². The topological polar surface area (TPSA) is 87.2 Å². The lowest BCUT2D eigenvalue weighted by Gasteiger charge is -2.23. The van der Waals surface area contributed by atoms with Crippen LogP contribution < -0.4 is 5.73 Å². The Kier molecular flexibility index (Phi) is 2.34. The van der Waals surface area contributed by atoms with Crippen LogP contribution in [0.5, 0.6) is 0 Å². The molecule has 0 aromatic rings. The fraction of sp³-hybridized carbons (Fsp3) is 0.750. The van der Waals surface area contributed by atoms with E-state index in [0.29, 0.717) is 6.42 Å². The van der Waals surface area contributed by atoms with Crippen molar-refractivity contribution in [3.8, 4) is 6.07 Å². The van der Waals surface area contributed by atoms with Crippen molar-refractivity contribution in [2.75, 3.05) is 6.54 Å². The van der Waals surface area contributed by atoms with Gasteiger partial charge >= 0.3 is 0 Å². The average Bonchev–Trinajstić information content (AvgIpc) is 2.69. The van der Waals surface area contributed by atoms with Gasteiger partial charge in [0.25, 0.3) is 0 Å². The Hall–Kier alpha value is -1.41. The largest absolute Gasteiger partial charge is 0.314 e. The van der Waals surface area contributed by atoms with Gasteiger partial charge in [-0.1, -0.05) is 13.8 Å². The third-order valence-electron chi connectivity index (χ3n) is 4.00. The number of amides is 2. The lowest BCUT2D eigenvalue weighted by Crippen LogP contribution is -2.43. The van der Waals surface area contributed by atoms with Crippen molar-refractivity contribution in [1.82, 2.24) is 4.90 Å². The van der Waals surface area contributed by atoms with Gasteiger partial charge < -0.3 is 5.73 Å². The van der Waals surface area contributed by atoms with Crippen molar-refractivity contribution in [2.45, 2.75) is 32.7 Å². The Morgan fingerprint density at radius 3 is 2.29 bits per heavy atom. The number of nitrogens with two attached hydrogens (primary N) is 1. The molecule has 1 aliphatic heterocycles. The summed E-state index contributed by atoms with van der Waals surface area (Å²) in [7, 11) is 0. The van der Waals surface area contributed by atoms with Crippen LogP contribution in [-0.2, 0) is 9.59 Å². The lowest BCUT2D eigenvalue weighted by atomic mass is 10.0. The Labute approximate surface area is 101 Å². The standard InChI is InChI=1S/C12H17N3O2/c1-11(2)7-8(11)10(17)15(9(7)16)5-4-12(3,14)6-13/h7-8H,4-5,14H2,1-3H3. The first-order valence-electron chi connectivity index (χ1n) is 5.78. The molecule has 17 heavy (non-hydrogen) atoms. The minimum Gasteiger partial charge on any atom is -0.314 e. The Bertz CT molecular complexity index is 410. The second-order valence-electron chi connectivity index (χ2n) is 5.88. The number of nitrogens with zero attached hydrogens (tertiary/aromatic N) is 2. The number of rotatable bonds is 3. The maximum atomic E-state index is 12.0. The van der Waals surface area contributed by atoms with Crippen molar-refractivity contribution >= 4 is 11.8 Å². The number of nitriles is 1. The Balaban J connectivity index is 2.01. The van der Waals surface area contributed by atoms with Gasteiger partial charge in [0, 0.05) is 6.54 Å². The van der Waals surface area contributed by atoms with Crippen LogP contribution in [0.15, 0.2) is 0 Å². The first-order chi connectivity index (χ1) is 7.72. The zero-order valence-corrected chi connectivity index (χ0v) is 10.4. The van der Waals surface area contributed by atoms with E-state index in [4.69, 9.17) is 11.0 Å². The molecule has 2 N–H and O–H groups in total. The van der Waals surface area contributed by atoms with Crippen molar-refractivity contribution in [1.29, 1.82) is 5.26 Å². The summed E-state index contributed by atoms with van der Waals surface area (Å²) in [5, 5.41) is 8.78. The molecule has 0 spiro atoms. The van der Waals surface area contributed by atoms with Crippen molar-refractivity contribution in [3.05, 3.63) is 0 Å². The molecular formula is C12H17N3O2. The summed E-state index contributed by atoms with van der Waals surface area (Å²) in [5.74, 6) is -0.500. The molecule has 1 saturated carbocycles. The van der Waals surface area contributed by atoms with E-state index in [2.05, 4.69) is 0 Å². The highest BCUT2D eigenvalue weighted by atomic mass is 16.2. The van der Waals surface area contributed by atoms with E-state index in [-0.39, 0.29) is 35.6 Å². The number of carbonyl (C=O) groups is 2. The quantitative estimate of drug-likeness (QED) is 0.711. The van der Waals surface area contributed by atoms with Gasteiger partial charge in [0.1, 0.15) is 5.54 Å². The van der Waals surface area contributed by atoms with Gasteiger partial charge in [-0.2, -0.15) is 5.26 Å². The number of imide groups is 1. The van der Waals surface area contributed by atoms with Crippen LogP contribution in [-0.4, -0.2) is 28.8 Å². The van der Waals surface area contributed by atoms with Crippen molar-refractivity contribution < 1.29 is 9.59 Å². The maximum Gasteiger partial charge on any atom is 0.233 e. The van der Waals surface area contributed by atoms with Crippen LogP contribution in [0, 0.1) is 28.6 Å². The molecule has 1 heterocycles. The van der Waals surface area contributed by atoms with Crippen molar-refractivity contribution in [2.24, 2.45) is 23.0 Å². The van der Waals surface area contributed by atoms with E-state index >= 15 is 0 Å². The minimum atomic E-state index is -0.983. The zero-order valence-electron chi connectivity index (χ0n) is 10.4. The number of likely N-dealkylation sites (tertiary alicyclic amines) is 1. The second-order valence-corrected chi connectivity index (χ2v) is 5.88. The van der Waals surface area contributed by atoms with Crippen LogP contribution in [0.2, 0.25) is 0 Å². The smallest absolute Gasteiger partial charge is 0.233 e. The van der Waals surface area contributed by atoms with Gasteiger partial charge in [0.2, 0.25) is 11.8 Å². The van der Waals surface area contributed by atoms with Crippen LogP contribution in [0.4, 0.5) is 0 Å². The van der Waals surface area contributed by atoms with E-state index in [0.717, 1.165) is 0 Å². The fourth-order valence-electron chi connectivity index (χ4n) is 2.62. The Morgan fingerprint density at radius 2 is 1.88 bits per heavy atom. The van der Waals surface area contributed by atoms with Gasteiger partial charge in [0.15, 0.2) is 0 Å². The molecule has 1 saturated heterocycles. The monoisotopic (exact) mass is 235 g/mol. The molecule has 0 aromatic heterocycles. The molecule has 2 aliphatic rings. The molecule has 0 bridgehead atoms. The molecule has 0 radical (unpaired) electrons. The predicted octanol–water partition coefficient (Wildman–Crippen LogP) is 0.258. The summed E-state index contributed by atoms with van der Waals surface area (Å²) in [6.07, 6.45) is 0.320. The van der Waals surface area contributed by atoms with Crippen LogP contribution >= 0.6 is 0 Å². The first-order valence-corrected chi connectivity index (χ1v) is 5.78. The molecule has 92 valence electrons. The highest BCUT2D eigenvalue weighted by Crippen LogP contribution is 2.63. The molecule has 0 aromatic carbocycles. The van der Waals surface area contributed by atoms with Gasteiger partial charge in [-0.15, -0.1) is 0 Å². The van der Waals surface area contributed by atoms with Crippen LogP contribution in [0.3, 0.4) is 0 Å².